The normalized spacial score (nSPS) is 11.3. The molecule has 5 heteroatoms. The lowest BCUT2D eigenvalue weighted by molar-refractivity contribution is 0.572. The number of benzene rings is 1. The Bertz CT molecular complexity index is 571. The fourth-order valence-corrected chi connectivity index (χ4v) is 2.03. The van der Waals surface area contributed by atoms with E-state index in [4.69, 9.17) is 0 Å². The molecule has 108 valence electrons. The predicted octanol–water partition coefficient (Wildman–Crippen LogP) is 3.11. The molecule has 0 unspecified atom stereocenters. The smallest absolute Gasteiger partial charge is 0.126 e. The molecule has 0 aliphatic heterocycles. The van der Waals surface area contributed by atoms with Crippen LogP contribution in [-0.4, -0.2) is 9.78 Å². The van der Waals surface area contributed by atoms with Gasteiger partial charge in [-0.2, -0.15) is 5.10 Å². The van der Waals surface area contributed by atoms with Gasteiger partial charge in [0.25, 0.3) is 0 Å². The number of rotatable bonds is 5. The third-order valence-electron chi connectivity index (χ3n) is 3.14. The minimum atomic E-state index is -0.551. The lowest BCUT2D eigenvalue weighted by Crippen LogP contribution is -2.15. The van der Waals surface area contributed by atoms with E-state index in [0.717, 1.165) is 17.5 Å². The number of aromatic nitrogens is 2. The molecule has 0 radical (unpaired) electrons. The molecule has 1 heterocycles. The van der Waals surface area contributed by atoms with Gasteiger partial charge in [-0.15, -0.1) is 0 Å². The molecule has 20 heavy (non-hydrogen) atoms. The van der Waals surface area contributed by atoms with E-state index in [0.29, 0.717) is 24.6 Å². The lowest BCUT2D eigenvalue weighted by Gasteiger charge is -2.05. The first-order chi connectivity index (χ1) is 9.45. The van der Waals surface area contributed by atoms with Gasteiger partial charge in [-0.3, -0.25) is 4.68 Å². The van der Waals surface area contributed by atoms with E-state index < -0.39 is 11.6 Å². The van der Waals surface area contributed by atoms with Crippen molar-refractivity contribution in [2.24, 2.45) is 7.05 Å². The van der Waals surface area contributed by atoms with Gasteiger partial charge in [-0.1, -0.05) is 13.8 Å². The largest absolute Gasteiger partial charge is 0.307 e. The highest BCUT2D eigenvalue weighted by Gasteiger charge is 2.08. The van der Waals surface area contributed by atoms with Crippen molar-refractivity contribution in [1.82, 2.24) is 15.1 Å². The summed E-state index contributed by atoms with van der Waals surface area (Å²) >= 11 is 0. The van der Waals surface area contributed by atoms with Crippen molar-refractivity contribution >= 4 is 0 Å². The van der Waals surface area contributed by atoms with Crippen LogP contribution in [0.15, 0.2) is 24.3 Å². The molecule has 0 aliphatic carbocycles. The second-order valence-electron chi connectivity index (χ2n) is 5.22. The third kappa shape index (κ3) is 3.63. The minimum Gasteiger partial charge on any atom is -0.307 e. The van der Waals surface area contributed by atoms with Crippen LogP contribution in [-0.2, 0) is 20.1 Å². The second-order valence-corrected chi connectivity index (χ2v) is 5.22. The minimum absolute atomic E-state index is 0.382. The van der Waals surface area contributed by atoms with Crippen LogP contribution in [0.25, 0.3) is 0 Å². The van der Waals surface area contributed by atoms with Crippen molar-refractivity contribution in [3.05, 3.63) is 52.9 Å². The van der Waals surface area contributed by atoms with Gasteiger partial charge in [0, 0.05) is 26.2 Å². The molecule has 0 aliphatic rings. The molecule has 0 amide bonds. The van der Waals surface area contributed by atoms with Crippen LogP contribution in [0.5, 0.6) is 0 Å². The zero-order valence-electron chi connectivity index (χ0n) is 12.0. The van der Waals surface area contributed by atoms with E-state index in [1.165, 1.54) is 12.1 Å². The van der Waals surface area contributed by atoms with Crippen molar-refractivity contribution in [1.29, 1.82) is 0 Å². The van der Waals surface area contributed by atoms with Gasteiger partial charge in [0.1, 0.15) is 11.6 Å². The molecule has 0 bridgehead atoms. The molecule has 1 aromatic heterocycles. The Labute approximate surface area is 117 Å². The van der Waals surface area contributed by atoms with Gasteiger partial charge in [0.15, 0.2) is 0 Å². The van der Waals surface area contributed by atoms with E-state index in [1.807, 2.05) is 17.8 Å². The number of aryl methyl sites for hydroxylation is 1. The molecule has 0 fully saturated rings. The first-order valence-electron chi connectivity index (χ1n) is 6.64. The van der Waals surface area contributed by atoms with Gasteiger partial charge >= 0.3 is 0 Å². The summed E-state index contributed by atoms with van der Waals surface area (Å²) in [5.41, 5.74) is 2.68. The SMILES string of the molecule is CC(C)c1cc(CNCc2cc(F)cc(F)c2)n(C)n1. The van der Waals surface area contributed by atoms with Crippen molar-refractivity contribution < 1.29 is 8.78 Å². The number of nitrogens with one attached hydrogen (secondary N) is 1. The number of halogens is 2. The van der Waals surface area contributed by atoms with Gasteiger partial charge in [-0.25, -0.2) is 8.78 Å². The van der Waals surface area contributed by atoms with Crippen molar-refractivity contribution in [3.8, 4) is 0 Å². The highest BCUT2D eigenvalue weighted by molar-refractivity contribution is 5.18. The molecule has 0 spiro atoms. The monoisotopic (exact) mass is 279 g/mol. The van der Waals surface area contributed by atoms with Crippen LogP contribution in [0.3, 0.4) is 0 Å². The van der Waals surface area contributed by atoms with E-state index in [1.54, 1.807) is 0 Å². The Hall–Kier alpha value is -1.75. The third-order valence-corrected chi connectivity index (χ3v) is 3.14. The molecule has 2 aromatic rings. The average Bonchev–Trinajstić information content (AvgIpc) is 2.70. The maximum absolute atomic E-state index is 13.1. The van der Waals surface area contributed by atoms with Gasteiger partial charge in [0.2, 0.25) is 0 Å². The van der Waals surface area contributed by atoms with E-state index in [9.17, 15) is 8.78 Å². The maximum Gasteiger partial charge on any atom is 0.126 e. The lowest BCUT2D eigenvalue weighted by atomic mass is 10.1. The summed E-state index contributed by atoms with van der Waals surface area (Å²) in [4.78, 5) is 0. The summed E-state index contributed by atoms with van der Waals surface area (Å²) in [6, 6.07) is 5.58. The van der Waals surface area contributed by atoms with Crippen molar-refractivity contribution in [2.75, 3.05) is 0 Å². The summed E-state index contributed by atoms with van der Waals surface area (Å²) in [6.07, 6.45) is 0. The van der Waals surface area contributed by atoms with E-state index in [2.05, 4.69) is 24.3 Å². The zero-order valence-corrected chi connectivity index (χ0v) is 12.0. The summed E-state index contributed by atoms with van der Waals surface area (Å²) in [5, 5.41) is 7.59. The topological polar surface area (TPSA) is 29.9 Å². The molecule has 1 aromatic carbocycles. The van der Waals surface area contributed by atoms with Crippen LogP contribution in [0, 0.1) is 11.6 Å². The van der Waals surface area contributed by atoms with Crippen LogP contribution < -0.4 is 5.32 Å². The molecule has 0 saturated carbocycles. The summed E-state index contributed by atoms with van der Waals surface area (Å²) < 4.78 is 27.9. The van der Waals surface area contributed by atoms with E-state index >= 15 is 0 Å². The first kappa shape index (κ1) is 14.7. The van der Waals surface area contributed by atoms with Gasteiger partial charge < -0.3 is 5.32 Å². The predicted molar refractivity (Wildman–Crippen MR) is 74.2 cm³/mol. The Morgan fingerprint density at radius 3 is 2.30 bits per heavy atom. The molecular formula is C15H19F2N3. The van der Waals surface area contributed by atoms with Crippen LogP contribution in [0.1, 0.15) is 36.7 Å². The van der Waals surface area contributed by atoms with Crippen molar-refractivity contribution in [3.63, 3.8) is 0 Å². The highest BCUT2D eigenvalue weighted by atomic mass is 19.1. The number of nitrogens with zero attached hydrogens (tertiary/aromatic N) is 2. The Balaban J connectivity index is 1.95. The standard InChI is InChI=1S/C15H19F2N3/c1-10(2)15-7-14(20(3)19-15)9-18-8-11-4-12(16)6-13(17)5-11/h4-7,10,18H,8-9H2,1-3H3. The molecule has 0 atom stereocenters. The summed E-state index contributed by atoms with van der Waals surface area (Å²) in [7, 11) is 1.89. The summed E-state index contributed by atoms with van der Waals surface area (Å²) in [6.45, 7) is 5.20. The highest BCUT2D eigenvalue weighted by Crippen LogP contribution is 2.14. The van der Waals surface area contributed by atoms with Gasteiger partial charge in [-0.05, 0) is 29.7 Å². The Kier molecular flexibility index (Phi) is 4.49. The first-order valence-corrected chi connectivity index (χ1v) is 6.64. The summed E-state index contributed by atoms with van der Waals surface area (Å²) in [5.74, 6) is -0.721. The molecule has 0 saturated heterocycles. The van der Waals surface area contributed by atoms with Crippen molar-refractivity contribution in [2.45, 2.75) is 32.9 Å². The second kappa shape index (κ2) is 6.13. The van der Waals surface area contributed by atoms with E-state index in [-0.39, 0.29) is 0 Å². The van der Waals surface area contributed by atoms with Crippen LogP contribution >= 0.6 is 0 Å². The number of hydrogen-bond donors (Lipinski definition) is 1. The van der Waals surface area contributed by atoms with Gasteiger partial charge in [0.05, 0.1) is 11.4 Å². The fraction of sp³-hybridized carbons (Fsp3) is 0.400. The maximum atomic E-state index is 13.1. The molecular weight excluding hydrogens is 260 g/mol. The zero-order chi connectivity index (χ0) is 14.7. The average molecular weight is 279 g/mol. The quantitative estimate of drug-likeness (QED) is 0.911. The Morgan fingerprint density at radius 2 is 1.75 bits per heavy atom. The number of hydrogen-bond acceptors (Lipinski definition) is 2. The molecule has 1 N–H and O–H groups in total. The van der Waals surface area contributed by atoms with Crippen LogP contribution in [0.2, 0.25) is 0 Å². The van der Waals surface area contributed by atoms with Crippen LogP contribution in [0.4, 0.5) is 8.78 Å². The fourth-order valence-electron chi connectivity index (χ4n) is 2.03. The Morgan fingerprint density at radius 1 is 1.10 bits per heavy atom. The molecule has 2 rings (SSSR count). The molecule has 3 nitrogen and oxygen atoms in total.